The summed E-state index contributed by atoms with van der Waals surface area (Å²) >= 11 is 0. The number of hydrogen-bond acceptors (Lipinski definition) is 3. The van der Waals surface area contributed by atoms with Crippen LogP contribution in [-0.2, 0) is 11.2 Å². The third kappa shape index (κ3) is 4.38. The standard InChI is InChI=1S/C18H22F3NO3/c1-24-16-9-12(3-6-15(16)25-11-18(19,20)21)4-7-17(23)22-10-13-2-5-14(22)8-13/h3,6,9,13-14H,2,4-5,7-8,10-11H2,1H3. The van der Waals surface area contributed by atoms with Gasteiger partial charge in [0.25, 0.3) is 0 Å². The summed E-state index contributed by atoms with van der Waals surface area (Å²) in [5, 5.41) is 0. The van der Waals surface area contributed by atoms with Crippen LogP contribution in [0.3, 0.4) is 0 Å². The lowest BCUT2D eigenvalue weighted by Gasteiger charge is -2.27. The van der Waals surface area contributed by atoms with Gasteiger partial charge in [-0.3, -0.25) is 4.79 Å². The number of amides is 1. The van der Waals surface area contributed by atoms with Crippen molar-refractivity contribution < 1.29 is 27.4 Å². The van der Waals surface area contributed by atoms with Crippen molar-refractivity contribution in [3.63, 3.8) is 0 Å². The van der Waals surface area contributed by atoms with Crippen molar-refractivity contribution in [2.24, 2.45) is 5.92 Å². The van der Waals surface area contributed by atoms with Gasteiger partial charge >= 0.3 is 6.18 Å². The van der Waals surface area contributed by atoms with Gasteiger partial charge in [-0.1, -0.05) is 6.07 Å². The third-order valence-electron chi connectivity index (χ3n) is 4.98. The van der Waals surface area contributed by atoms with Crippen LogP contribution in [0.2, 0.25) is 0 Å². The number of carbonyl (C=O) groups is 1. The molecule has 0 N–H and O–H groups in total. The van der Waals surface area contributed by atoms with E-state index in [-0.39, 0.29) is 17.4 Å². The van der Waals surface area contributed by atoms with E-state index in [1.54, 1.807) is 12.1 Å². The molecule has 2 aliphatic rings. The highest BCUT2D eigenvalue weighted by molar-refractivity contribution is 5.77. The maximum atomic E-state index is 12.4. The molecule has 4 nitrogen and oxygen atoms in total. The second-order valence-electron chi connectivity index (χ2n) is 6.77. The van der Waals surface area contributed by atoms with Crippen LogP contribution < -0.4 is 9.47 Å². The first-order valence-corrected chi connectivity index (χ1v) is 8.51. The number of hydrogen-bond donors (Lipinski definition) is 0. The molecule has 1 aliphatic heterocycles. The Morgan fingerprint density at radius 2 is 2.08 bits per heavy atom. The number of fused-ring (bicyclic) bond motifs is 2. The van der Waals surface area contributed by atoms with E-state index in [4.69, 9.17) is 9.47 Å². The number of likely N-dealkylation sites (tertiary alicyclic amines) is 1. The van der Waals surface area contributed by atoms with Crippen molar-refractivity contribution in [2.45, 2.75) is 44.3 Å². The normalized spacial score (nSPS) is 22.3. The average molecular weight is 357 g/mol. The van der Waals surface area contributed by atoms with E-state index in [1.165, 1.54) is 19.6 Å². The summed E-state index contributed by atoms with van der Waals surface area (Å²) in [6.07, 6.45) is -0.00567. The summed E-state index contributed by atoms with van der Waals surface area (Å²) in [5.74, 6) is 1.11. The smallest absolute Gasteiger partial charge is 0.422 e. The summed E-state index contributed by atoms with van der Waals surface area (Å²) in [5.41, 5.74) is 0.842. The third-order valence-corrected chi connectivity index (χ3v) is 4.98. The Bertz CT molecular complexity index is 632. The molecule has 1 saturated carbocycles. The minimum atomic E-state index is -4.40. The Hall–Kier alpha value is -1.92. The number of benzene rings is 1. The van der Waals surface area contributed by atoms with Gasteiger partial charge in [-0.15, -0.1) is 0 Å². The van der Waals surface area contributed by atoms with E-state index in [1.807, 2.05) is 4.90 Å². The number of ether oxygens (including phenoxy) is 2. The largest absolute Gasteiger partial charge is 0.493 e. The van der Waals surface area contributed by atoms with Gasteiger partial charge in [0.1, 0.15) is 0 Å². The number of alkyl halides is 3. The zero-order chi connectivity index (χ0) is 18.0. The van der Waals surface area contributed by atoms with Crippen LogP contribution >= 0.6 is 0 Å². The fourth-order valence-corrected chi connectivity index (χ4v) is 3.77. The summed E-state index contributed by atoms with van der Waals surface area (Å²) in [6.45, 7) is -0.490. The molecule has 1 aromatic rings. The fourth-order valence-electron chi connectivity index (χ4n) is 3.77. The van der Waals surface area contributed by atoms with Crippen molar-refractivity contribution in [2.75, 3.05) is 20.3 Å². The molecule has 1 amide bonds. The molecule has 2 bridgehead atoms. The Balaban J connectivity index is 1.56. The number of nitrogens with zero attached hydrogens (tertiary/aromatic N) is 1. The van der Waals surface area contributed by atoms with Crippen molar-refractivity contribution in [3.05, 3.63) is 23.8 Å². The average Bonchev–Trinajstić information content (AvgIpc) is 3.20. The van der Waals surface area contributed by atoms with Gasteiger partial charge < -0.3 is 14.4 Å². The molecule has 0 radical (unpaired) electrons. The van der Waals surface area contributed by atoms with Gasteiger partial charge in [-0.25, -0.2) is 0 Å². The van der Waals surface area contributed by atoms with E-state index in [0.717, 1.165) is 24.9 Å². The lowest BCUT2D eigenvalue weighted by atomic mass is 10.1. The first-order chi connectivity index (χ1) is 11.9. The van der Waals surface area contributed by atoms with E-state index in [0.29, 0.717) is 24.8 Å². The highest BCUT2D eigenvalue weighted by Gasteiger charge is 2.39. The van der Waals surface area contributed by atoms with Gasteiger partial charge in [0.05, 0.1) is 7.11 Å². The molecule has 1 saturated heterocycles. The molecular weight excluding hydrogens is 335 g/mol. The summed E-state index contributed by atoms with van der Waals surface area (Å²) in [6, 6.07) is 5.18. The SMILES string of the molecule is COc1cc(CCC(=O)N2CC3CCC2C3)ccc1OCC(F)(F)F. The first kappa shape index (κ1) is 17.9. The minimum Gasteiger partial charge on any atom is -0.493 e. The van der Waals surface area contributed by atoms with E-state index >= 15 is 0 Å². The van der Waals surface area contributed by atoms with Crippen molar-refractivity contribution in [1.82, 2.24) is 4.90 Å². The van der Waals surface area contributed by atoms with Crippen LogP contribution in [0.5, 0.6) is 11.5 Å². The molecular formula is C18H22F3NO3. The Morgan fingerprint density at radius 3 is 2.68 bits per heavy atom. The van der Waals surface area contributed by atoms with Crippen LogP contribution in [0, 0.1) is 5.92 Å². The summed E-state index contributed by atoms with van der Waals surface area (Å²) in [7, 11) is 1.38. The van der Waals surface area contributed by atoms with E-state index in [2.05, 4.69) is 0 Å². The summed E-state index contributed by atoms with van der Waals surface area (Å²) < 4.78 is 46.7. The van der Waals surface area contributed by atoms with Gasteiger partial charge in [-0.05, 0) is 49.3 Å². The van der Waals surface area contributed by atoms with Gasteiger partial charge in [-0.2, -0.15) is 13.2 Å². The number of carbonyl (C=O) groups excluding carboxylic acids is 1. The van der Waals surface area contributed by atoms with Crippen LogP contribution in [0.1, 0.15) is 31.2 Å². The first-order valence-electron chi connectivity index (χ1n) is 8.51. The van der Waals surface area contributed by atoms with Gasteiger partial charge in [0.2, 0.25) is 5.91 Å². The highest BCUT2D eigenvalue weighted by atomic mass is 19.4. The molecule has 2 unspecified atom stereocenters. The van der Waals surface area contributed by atoms with Crippen LogP contribution in [-0.4, -0.2) is 43.3 Å². The fraction of sp³-hybridized carbons (Fsp3) is 0.611. The monoisotopic (exact) mass is 357 g/mol. The second-order valence-corrected chi connectivity index (χ2v) is 6.77. The Kier molecular flexibility index (Phi) is 5.11. The van der Waals surface area contributed by atoms with Crippen molar-refractivity contribution in [3.8, 4) is 11.5 Å². The zero-order valence-corrected chi connectivity index (χ0v) is 14.1. The lowest BCUT2D eigenvalue weighted by molar-refractivity contribution is -0.153. The number of piperidine rings is 1. The second kappa shape index (κ2) is 7.14. The van der Waals surface area contributed by atoms with Crippen LogP contribution in [0.15, 0.2) is 18.2 Å². The number of aryl methyl sites for hydroxylation is 1. The molecule has 1 heterocycles. The molecule has 1 aromatic carbocycles. The maximum absolute atomic E-state index is 12.4. The number of methoxy groups -OCH3 is 1. The zero-order valence-electron chi connectivity index (χ0n) is 14.1. The molecule has 2 fully saturated rings. The summed E-state index contributed by atoms with van der Waals surface area (Å²) in [4.78, 5) is 14.4. The molecule has 0 aromatic heterocycles. The van der Waals surface area contributed by atoms with Crippen molar-refractivity contribution in [1.29, 1.82) is 0 Å². The minimum absolute atomic E-state index is 0.0479. The molecule has 0 spiro atoms. The number of halogens is 3. The predicted molar refractivity (Wildman–Crippen MR) is 85.7 cm³/mol. The predicted octanol–water partition coefficient (Wildman–Crippen LogP) is 3.58. The lowest BCUT2D eigenvalue weighted by Crippen LogP contribution is -2.37. The van der Waals surface area contributed by atoms with Crippen molar-refractivity contribution >= 4 is 5.91 Å². The Labute approximate surface area is 144 Å². The highest BCUT2D eigenvalue weighted by Crippen LogP contribution is 2.37. The topological polar surface area (TPSA) is 38.8 Å². The molecule has 1 aliphatic carbocycles. The molecule has 7 heteroatoms. The maximum Gasteiger partial charge on any atom is 0.422 e. The van der Waals surface area contributed by atoms with Gasteiger partial charge in [0.15, 0.2) is 18.1 Å². The molecule has 138 valence electrons. The number of rotatable bonds is 6. The Morgan fingerprint density at radius 1 is 1.28 bits per heavy atom. The van der Waals surface area contributed by atoms with Crippen LogP contribution in [0.4, 0.5) is 13.2 Å². The molecule has 3 rings (SSSR count). The van der Waals surface area contributed by atoms with Crippen LogP contribution in [0.25, 0.3) is 0 Å². The van der Waals surface area contributed by atoms with Gasteiger partial charge in [0, 0.05) is 19.0 Å². The molecule has 2 atom stereocenters. The molecule has 25 heavy (non-hydrogen) atoms. The van der Waals surface area contributed by atoms with E-state index in [9.17, 15) is 18.0 Å². The van der Waals surface area contributed by atoms with E-state index < -0.39 is 12.8 Å². The quantitative estimate of drug-likeness (QED) is 0.781.